The number of hydrogen-bond donors (Lipinski definition) is 1. The molecule has 1 fully saturated rings. The SMILES string of the molecule is C=CCNC(=O)c1nc(C(=O)N2CCN(c3ccccc3F)CC2)cs1. The number of carbonyl (C=O) groups excluding carboxylic acids is 2. The molecular weight excluding hydrogens is 355 g/mol. The van der Waals surface area contributed by atoms with Crippen LogP contribution in [-0.2, 0) is 0 Å². The number of amides is 2. The summed E-state index contributed by atoms with van der Waals surface area (Å²) in [4.78, 5) is 32.2. The second kappa shape index (κ2) is 8.09. The average molecular weight is 374 g/mol. The largest absolute Gasteiger partial charge is 0.366 e. The lowest BCUT2D eigenvalue weighted by molar-refractivity contribution is 0.0741. The predicted molar refractivity (Wildman–Crippen MR) is 99.2 cm³/mol. The quantitative estimate of drug-likeness (QED) is 0.815. The summed E-state index contributed by atoms with van der Waals surface area (Å²) in [6, 6.07) is 6.62. The summed E-state index contributed by atoms with van der Waals surface area (Å²) in [7, 11) is 0. The van der Waals surface area contributed by atoms with Gasteiger partial charge in [0.1, 0.15) is 11.5 Å². The lowest BCUT2D eigenvalue weighted by atomic mass is 10.2. The van der Waals surface area contributed by atoms with Crippen molar-refractivity contribution in [2.24, 2.45) is 0 Å². The number of nitrogens with one attached hydrogen (secondary N) is 1. The molecule has 0 unspecified atom stereocenters. The van der Waals surface area contributed by atoms with Crippen LogP contribution >= 0.6 is 11.3 Å². The summed E-state index contributed by atoms with van der Waals surface area (Å²) in [5.41, 5.74) is 0.813. The van der Waals surface area contributed by atoms with Crippen LogP contribution in [0.2, 0.25) is 0 Å². The zero-order chi connectivity index (χ0) is 18.5. The second-order valence-electron chi connectivity index (χ2n) is 5.77. The Kier molecular flexibility index (Phi) is 5.62. The molecule has 2 aromatic rings. The Morgan fingerprint density at radius 3 is 2.69 bits per heavy atom. The number of carbonyl (C=O) groups is 2. The third-order valence-electron chi connectivity index (χ3n) is 4.08. The van der Waals surface area contributed by atoms with Gasteiger partial charge >= 0.3 is 0 Å². The third-order valence-corrected chi connectivity index (χ3v) is 4.93. The highest BCUT2D eigenvalue weighted by Gasteiger charge is 2.25. The van der Waals surface area contributed by atoms with Crippen molar-refractivity contribution in [2.45, 2.75) is 0 Å². The standard InChI is InChI=1S/C18H19FN4O2S/c1-2-7-20-16(24)17-21-14(12-26-17)18(25)23-10-8-22(9-11-23)15-6-4-3-5-13(15)19/h2-6,12H,1,7-11H2,(H,20,24). The number of aromatic nitrogens is 1. The number of halogens is 1. The van der Waals surface area contributed by atoms with Crippen LogP contribution in [0.4, 0.5) is 10.1 Å². The zero-order valence-corrected chi connectivity index (χ0v) is 15.0. The minimum absolute atomic E-state index is 0.211. The van der Waals surface area contributed by atoms with E-state index in [9.17, 15) is 14.0 Å². The zero-order valence-electron chi connectivity index (χ0n) is 14.2. The number of benzene rings is 1. The fourth-order valence-electron chi connectivity index (χ4n) is 2.74. The molecular formula is C18H19FN4O2S. The van der Waals surface area contributed by atoms with Crippen molar-refractivity contribution in [3.8, 4) is 0 Å². The lowest BCUT2D eigenvalue weighted by Crippen LogP contribution is -2.49. The first kappa shape index (κ1) is 18.1. The highest BCUT2D eigenvalue weighted by molar-refractivity contribution is 7.11. The Hall–Kier alpha value is -2.74. The number of hydrogen-bond acceptors (Lipinski definition) is 5. The highest BCUT2D eigenvalue weighted by atomic mass is 32.1. The predicted octanol–water partition coefficient (Wildman–Crippen LogP) is 2.16. The smallest absolute Gasteiger partial charge is 0.280 e. The molecule has 3 rings (SSSR count). The molecule has 1 N–H and O–H groups in total. The summed E-state index contributed by atoms with van der Waals surface area (Å²) < 4.78 is 13.9. The van der Waals surface area contributed by atoms with Gasteiger partial charge in [0, 0.05) is 38.1 Å². The van der Waals surface area contributed by atoms with Crippen molar-refractivity contribution in [2.75, 3.05) is 37.6 Å². The van der Waals surface area contributed by atoms with Crippen LogP contribution in [0.3, 0.4) is 0 Å². The maximum Gasteiger partial charge on any atom is 0.280 e. The van der Waals surface area contributed by atoms with Gasteiger partial charge < -0.3 is 15.1 Å². The van der Waals surface area contributed by atoms with Gasteiger partial charge in [0.25, 0.3) is 11.8 Å². The van der Waals surface area contributed by atoms with Crippen molar-refractivity contribution in [1.82, 2.24) is 15.2 Å². The van der Waals surface area contributed by atoms with E-state index in [0.29, 0.717) is 38.4 Å². The van der Waals surface area contributed by atoms with E-state index in [-0.39, 0.29) is 28.3 Å². The first-order chi connectivity index (χ1) is 12.6. The number of anilines is 1. The van der Waals surface area contributed by atoms with Crippen molar-refractivity contribution >= 4 is 28.8 Å². The third kappa shape index (κ3) is 3.91. The van der Waals surface area contributed by atoms with E-state index in [1.807, 2.05) is 4.90 Å². The van der Waals surface area contributed by atoms with E-state index in [1.54, 1.807) is 34.6 Å². The topological polar surface area (TPSA) is 65.5 Å². The Balaban J connectivity index is 1.60. The van der Waals surface area contributed by atoms with Gasteiger partial charge in [0.05, 0.1) is 5.69 Å². The fourth-order valence-corrected chi connectivity index (χ4v) is 3.44. The minimum Gasteiger partial charge on any atom is -0.366 e. The van der Waals surface area contributed by atoms with Crippen LogP contribution in [0.1, 0.15) is 20.3 Å². The fraction of sp³-hybridized carbons (Fsp3) is 0.278. The number of rotatable bonds is 5. The summed E-state index contributed by atoms with van der Waals surface area (Å²) in [6.45, 7) is 5.92. The van der Waals surface area contributed by atoms with Gasteiger partial charge in [-0.2, -0.15) is 0 Å². The molecule has 1 saturated heterocycles. The summed E-state index contributed by atoms with van der Waals surface area (Å²) in [5, 5.41) is 4.48. The van der Waals surface area contributed by atoms with E-state index in [4.69, 9.17) is 0 Å². The summed E-state index contributed by atoms with van der Waals surface area (Å²) >= 11 is 1.13. The van der Waals surface area contributed by atoms with Gasteiger partial charge in [-0.05, 0) is 12.1 Å². The highest BCUT2D eigenvalue weighted by Crippen LogP contribution is 2.21. The Bertz CT molecular complexity index is 815. The molecule has 26 heavy (non-hydrogen) atoms. The maximum atomic E-state index is 13.9. The molecule has 0 radical (unpaired) electrons. The molecule has 0 spiro atoms. The minimum atomic E-state index is -0.321. The van der Waals surface area contributed by atoms with Crippen LogP contribution in [0.25, 0.3) is 0 Å². The number of piperazine rings is 1. The molecule has 0 atom stereocenters. The Labute approximate surface area is 154 Å². The Morgan fingerprint density at radius 1 is 1.27 bits per heavy atom. The van der Waals surface area contributed by atoms with Gasteiger partial charge in [-0.25, -0.2) is 9.37 Å². The molecule has 1 aliphatic heterocycles. The molecule has 0 bridgehead atoms. The monoisotopic (exact) mass is 374 g/mol. The van der Waals surface area contributed by atoms with E-state index in [2.05, 4.69) is 16.9 Å². The van der Waals surface area contributed by atoms with E-state index in [1.165, 1.54) is 6.07 Å². The molecule has 2 amide bonds. The number of thiazole rings is 1. The van der Waals surface area contributed by atoms with Crippen LogP contribution < -0.4 is 10.2 Å². The molecule has 2 heterocycles. The first-order valence-corrected chi connectivity index (χ1v) is 9.11. The average Bonchev–Trinajstić information content (AvgIpc) is 3.16. The van der Waals surface area contributed by atoms with Crippen molar-refractivity contribution < 1.29 is 14.0 Å². The van der Waals surface area contributed by atoms with Crippen LogP contribution in [0.15, 0.2) is 42.3 Å². The molecule has 1 aromatic carbocycles. The molecule has 0 saturated carbocycles. The van der Waals surface area contributed by atoms with Crippen LogP contribution in [-0.4, -0.2) is 54.4 Å². The van der Waals surface area contributed by atoms with Gasteiger partial charge in [-0.1, -0.05) is 18.2 Å². The Morgan fingerprint density at radius 2 is 2.00 bits per heavy atom. The van der Waals surface area contributed by atoms with Crippen molar-refractivity contribution in [3.05, 3.63) is 58.8 Å². The molecule has 8 heteroatoms. The number of nitrogens with zero attached hydrogens (tertiary/aromatic N) is 3. The second-order valence-corrected chi connectivity index (χ2v) is 6.63. The van der Waals surface area contributed by atoms with Crippen molar-refractivity contribution in [3.63, 3.8) is 0 Å². The van der Waals surface area contributed by atoms with Gasteiger partial charge in [0.2, 0.25) is 0 Å². The maximum absolute atomic E-state index is 13.9. The van der Waals surface area contributed by atoms with Gasteiger partial charge in [-0.15, -0.1) is 17.9 Å². The van der Waals surface area contributed by atoms with Gasteiger partial charge in [-0.3, -0.25) is 9.59 Å². The van der Waals surface area contributed by atoms with Crippen molar-refractivity contribution in [1.29, 1.82) is 0 Å². The molecule has 136 valence electrons. The molecule has 1 aromatic heterocycles. The van der Waals surface area contributed by atoms with Crippen LogP contribution in [0, 0.1) is 5.82 Å². The van der Waals surface area contributed by atoms with E-state index in [0.717, 1.165) is 11.3 Å². The first-order valence-electron chi connectivity index (χ1n) is 8.23. The van der Waals surface area contributed by atoms with Gasteiger partial charge in [0.15, 0.2) is 5.01 Å². The van der Waals surface area contributed by atoms with E-state index < -0.39 is 0 Å². The molecule has 6 nitrogen and oxygen atoms in total. The van der Waals surface area contributed by atoms with Crippen LogP contribution in [0.5, 0.6) is 0 Å². The normalized spacial score (nSPS) is 14.2. The number of para-hydroxylation sites is 1. The molecule has 0 aliphatic carbocycles. The molecule has 1 aliphatic rings. The lowest BCUT2D eigenvalue weighted by Gasteiger charge is -2.35. The summed E-state index contributed by atoms with van der Waals surface area (Å²) in [6.07, 6.45) is 1.58. The van der Waals surface area contributed by atoms with E-state index >= 15 is 0 Å². The summed E-state index contributed by atoms with van der Waals surface area (Å²) in [5.74, 6) is -0.794.